The Labute approximate surface area is 124 Å². The molecule has 0 saturated carbocycles. The van der Waals surface area contributed by atoms with Crippen molar-refractivity contribution in [3.63, 3.8) is 0 Å². The Morgan fingerprint density at radius 1 is 0.684 bits per heavy atom. The van der Waals surface area contributed by atoms with E-state index in [1.54, 1.807) is 0 Å². The number of halogens is 1. The molecular formula is C17H10IN. The molecule has 1 nitrogen and oxygen atoms in total. The first-order valence-electron chi connectivity index (χ1n) is 6.20. The minimum absolute atomic E-state index is 1.07. The standard InChI is InChI=1S/C17H10IN/c18-16-13-7-3-4-8-15(13)19-17-12-6-2-1-5-11(12)9-10-14(16)17/h1-10H. The predicted molar refractivity (Wildman–Crippen MR) is 89.5 cm³/mol. The molecule has 0 N–H and O–H groups in total. The summed E-state index contributed by atoms with van der Waals surface area (Å²) < 4.78 is 1.28. The maximum atomic E-state index is 4.86. The molecule has 0 aliphatic heterocycles. The van der Waals surface area contributed by atoms with Crippen LogP contribution in [0.3, 0.4) is 0 Å². The topological polar surface area (TPSA) is 12.9 Å². The third-order valence-electron chi connectivity index (χ3n) is 3.51. The molecule has 0 atom stereocenters. The van der Waals surface area contributed by atoms with Crippen LogP contribution >= 0.6 is 22.6 Å². The van der Waals surface area contributed by atoms with Crippen LogP contribution in [0.15, 0.2) is 60.7 Å². The van der Waals surface area contributed by atoms with Crippen LogP contribution < -0.4 is 0 Å². The molecule has 0 saturated heterocycles. The van der Waals surface area contributed by atoms with Gasteiger partial charge < -0.3 is 0 Å². The van der Waals surface area contributed by atoms with Gasteiger partial charge in [-0.15, -0.1) is 0 Å². The van der Waals surface area contributed by atoms with Crippen LogP contribution in [0.25, 0.3) is 32.6 Å². The van der Waals surface area contributed by atoms with Crippen LogP contribution in [0, 0.1) is 3.57 Å². The highest BCUT2D eigenvalue weighted by Gasteiger charge is 2.08. The highest BCUT2D eigenvalue weighted by atomic mass is 127. The van der Waals surface area contributed by atoms with E-state index in [9.17, 15) is 0 Å². The molecular weight excluding hydrogens is 345 g/mol. The summed E-state index contributed by atoms with van der Waals surface area (Å²) in [6.45, 7) is 0. The van der Waals surface area contributed by atoms with Crippen molar-refractivity contribution in [2.75, 3.05) is 0 Å². The molecule has 1 aromatic heterocycles. The lowest BCUT2D eigenvalue weighted by atomic mass is 10.0. The summed E-state index contributed by atoms with van der Waals surface area (Å²) in [4.78, 5) is 4.86. The van der Waals surface area contributed by atoms with Crippen molar-refractivity contribution >= 4 is 55.2 Å². The lowest BCUT2D eigenvalue weighted by Crippen LogP contribution is -1.88. The number of hydrogen-bond acceptors (Lipinski definition) is 1. The van der Waals surface area contributed by atoms with Crippen LogP contribution in [0.1, 0.15) is 0 Å². The van der Waals surface area contributed by atoms with E-state index in [4.69, 9.17) is 4.98 Å². The number of para-hydroxylation sites is 1. The molecule has 4 aromatic rings. The molecule has 0 fully saturated rings. The quantitative estimate of drug-likeness (QED) is 0.242. The zero-order valence-corrected chi connectivity index (χ0v) is 12.3. The van der Waals surface area contributed by atoms with E-state index in [0.29, 0.717) is 0 Å². The fourth-order valence-electron chi connectivity index (χ4n) is 2.57. The lowest BCUT2D eigenvalue weighted by Gasteiger charge is -2.08. The minimum Gasteiger partial charge on any atom is -0.247 e. The highest BCUT2D eigenvalue weighted by Crippen LogP contribution is 2.31. The number of hydrogen-bond donors (Lipinski definition) is 0. The Hall–Kier alpha value is -1.68. The monoisotopic (exact) mass is 355 g/mol. The molecule has 1 heterocycles. The summed E-state index contributed by atoms with van der Waals surface area (Å²) >= 11 is 2.43. The molecule has 0 unspecified atom stereocenters. The second-order valence-electron chi connectivity index (χ2n) is 4.63. The van der Waals surface area contributed by atoms with Gasteiger partial charge in [0.15, 0.2) is 0 Å². The maximum absolute atomic E-state index is 4.86. The predicted octanol–water partition coefficient (Wildman–Crippen LogP) is 5.15. The summed E-state index contributed by atoms with van der Waals surface area (Å²) in [6.07, 6.45) is 0. The maximum Gasteiger partial charge on any atom is 0.0798 e. The average Bonchev–Trinajstić information content (AvgIpc) is 2.47. The van der Waals surface area contributed by atoms with Crippen molar-refractivity contribution in [3.05, 3.63) is 64.2 Å². The van der Waals surface area contributed by atoms with Crippen molar-refractivity contribution in [2.24, 2.45) is 0 Å². The van der Waals surface area contributed by atoms with Gasteiger partial charge >= 0.3 is 0 Å². The Morgan fingerprint density at radius 2 is 1.42 bits per heavy atom. The van der Waals surface area contributed by atoms with Crippen LogP contribution in [-0.4, -0.2) is 4.98 Å². The molecule has 0 spiro atoms. The average molecular weight is 355 g/mol. The number of nitrogens with zero attached hydrogens (tertiary/aromatic N) is 1. The van der Waals surface area contributed by atoms with Crippen LogP contribution in [0.2, 0.25) is 0 Å². The zero-order valence-electron chi connectivity index (χ0n) is 10.1. The van der Waals surface area contributed by atoms with Crippen LogP contribution in [0.5, 0.6) is 0 Å². The second-order valence-corrected chi connectivity index (χ2v) is 5.70. The fraction of sp³-hybridized carbons (Fsp3) is 0. The Kier molecular flexibility index (Phi) is 2.45. The van der Waals surface area contributed by atoms with Gasteiger partial charge in [-0.2, -0.15) is 0 Å². The minimum atomic E-state index is 1.07. The molecule has 3 aromatic carbocycles. The van der Waals surface area contributed by atoms with Gasteiger partial charge in [-0.25, -0.2) is 4.98 Å². The van der Waals surface area contributed by atoms with Gasteiger partial charge in [-0.3, -0.25) is 0 Å². The van der Waals surface area contributed by atoms with Crippen LogP contribution in [0.4, 0.5) is 0 Å². The fourth-order valence-corrected chi connectivity index (χ4v) is 3.47. The molecule has 2 heteroatoms. The van der Waals surface area contributed by atoms with Crippen molar-refractivity contribution in [1.82, 2.24) is 4.98 Å². The molecule has 0 aliphatic carbocycles. The molecule has 19 heavy (non-hydrogen) atoms. The van der Waals surface area contributed by atoms with Gasteiger partial charge in [0.05, 0.1) is 11.0 Å². The Balaban J connectivity index is 2.32. The number of pyridine rings is 1. The number of aromatic nitrogens is 1. The summed E-state index contributed by atoms with van der Waals surface area (Å²) in [7, 11) is 0. The molecule has 90 valence electrons. The van der Waals surface area contributed by atoms with E-state index in [1.165, 1.54) is 25.1 Å². The highest BCUT2D eigenvalue weighted by molar-refractivity contribution is 14.1. The van der Waals surface area contributed by atoms with E-state index >= 15 is 0 Å². The van der Waals surface area contributed by atoms with E-state index < -0.39 is 0 Å². The number of fused-ring (bicyclic) bond motifs is 4. The largest absolute Gasteiger partial charge is 0.247 e. The number of benzene rings is 3. The zero-order chi connectivity index (χ0) is 12.8. The Bertz CT molecular complexity index is 928. The van der Waals surface area contributed by atoms with Gasteiger partial charge in [0.1, 0.15) is 0 Å². The SMILES string of the molecule is Ic1c2ccccc2nc2c1ccc1ccccc12. The third kappa shape index (κ3) is 1.63. The van der Waals surface area contributed by atoms with E-state index in [1.807, 2.05) is 6.07 Å². The smallest absolute Gasteiger partial charge is 0.0798 e. The van der Waals surface area contributed by atoms with Crippen LogP contribution in [-0.2, 0) is 0 Å². The van der Waals surface area contributed by atoms with Crippen molar-refractivity contribution in [3.8, 4) is 0 Å². The van der Waals surface area contributed by atoms with Crippen molar-refractivity contribution < 1.29 is 0 Å². The van der Waals surface area contributed by atoms with Gasteiger partial charge in [-0.1, -0.05) is 54.6 Å². The molecule has 0 aliphatic rings. The molecule has 0 amide bonds. The first kappa shape index (κ1) is 11.2. The van der Waals surface area contributed by atoms with E-state index in [2.05, 4.69) is 77.2 Å². The van der Waals surface area contributed by atoms with Gasteiger partial charge in [0.25, 0.3) is 0 Å². The summed E-state index contributed by atoms with van der Waals surface area (Å²) in [6, 6.07) is 21.1. The van der Waals surface area contributed by atoms with E-state index in [-0.39, 0.29) is 0 Å². The normalized spacial score (nSPS) is 11.4. The summed E-state index contributed by atoms with van der Waals surface area (Å²) in [5.41, 5.74) is 2.16. The first-order valence-corrected chi connectivity index (χ1v) is 7.28. The summed E-state index contributed by atoms with van der Waals surface area (Å²) in [5.74, 6) is 0. The lowest BCUT2D eigenvalue weighted by molar-refractivity contribution is 1.51. The van der Waals surface area contributed by atoms with Crippen molar-refractivity contribution in [2.45, 2.75) is 0 Å². The van der Waals surface area contributed by atoms with Gasteiger partial charge in [-0.05, 0) is 34.0 Å². The molecule has 4 rings (SSSR count). The molecule has 0 bridgehead atoms. The molecule has 0 radical (unpaired) electrons. The third-order valence-corrected chi connectivity index (χ3v) is 4.67. The summed E-state index contributed by atoms with van der Waals surface area (Å²) in [5, 5.41) is 4.93. The van der Waals surface area contributed by atoms with E-state index in [0.717, 1.165) is 11.0 Å². The first-order chi connectivity index (χ1) is 9.34. The van der Waals surface area contributed by atoms with Gasteiger partial charge in [0, 0.05) is 19.7 Å². The Morgan fingerprint density at radius 3 is 2.32 bits per heavy atom. The second kappa shape index (κ2) is 4.17. The van der Waals surface area contributed by atoms with Gasteiger partial charge in [0.2, 0.25) is 0 Å². The number of rotatable bonds is 0. The van der Waals surface area contributed by atoms with Crippen molar-refractivity contribution in [1.29, 1.82) is 0 Å².